The van der Waals surface area contributed by atoms with Crippen molar-refractivity contribution in [1.29, 1.82) is 0 Å². The minimum Gasteiger partial charge on any atom is -0.479 e. The lowest BCUT2D eigenvalue weighted by atomic mass is 10.2. The van der Waals surface area contributed by atoms with Crippen molar-refractivity contribution in [1.82, 2.24) is 0 Å². The van der Waals surface area contributed by atoms with E-state index in [1.807, 2.05) is 0 Å². The quantitative estimate of drug-likeness (QED) is 0.877. The molecule has 0 saturated heterocycles. The van der Waals surface area contributed by atoms with Crippen LogP contribution in [0.3, 0.4) is 0 Å². The number of para-hydroxylation sites is 2. The van der Waals surface area contributed by atoms with Gasteiger partial charge in [0.25, 0.3) is 5.91 Å². The van der Waals surface area contributed by atoms with E-state index < -0.39 is 6.10 Å². The minimum atomic E-state index is -0.746. The molecule has 2 amide bonds. The molecule has 1 atom stereocenters. The van der Waals surface area contributed by atoms with E-state index in [4.69, 9.17) is 16.3 Å². The molecule has 2 aromatic carbocycles. The lowest BCUT2D eigenvalue weighted by Crippen LogP contribution is -2.30. The maximum atomic E-state index is 12.2. The van der Waals surface area contributed by atoms with Crippen LogP contribution < -0.4 is 15.4 Å². The van der Waals surface area contributed by atoms with Crippen LogP contribution in [0.2, 0.25) is 5.02 Å². The SMILES string of the molecule is CC(=O)Nc1ccccc1O[C@@H](C)C(=O)Nc1cccc(Cl)c1. The summed E-state index contributed by atoms with van der Waals surface area (Å²) in [6.07, 6.45) is -0.746. The Bertz CT molecular complexity index is 718. The average Bonchev–Trinajstić information content (AvgIpc) is 2.48. The summed E-state index contributed by atoms with van der Waals surface area (Å²) in [5.74, 6) is -0.0987. The highest BCUT2D eigenvalue weighted by molar-refractivity contribution is 6.30. The Balaban J connectivity index is 2.05. The van der Waals surface area contributed by atoms with E-state index in [1.165, 1.54) is 6.92 Å². The summed E-state index contributed by atoms with van der Waals surface area (Å²) in [7, 11) is 0. The molecule has 6 heteroatoms. The third-order valence-corrected chi connectivity index (χ3v) is 3.20. The maximum absolute atomic E-state index is 12.2. The Kier molecular flexibility index (Phi) is 5.60. The number of hydrogen-bond acceptors (Lipinski definition) is 3. The number of carbonyl (C=O) groups excluding carboxylic acids is 2. The first kappa shape index (κ1) is 16.8. The molecular weight excluding hydrogens is 316 g/mol. The van der Waals surface area contributed by atoms with Crippen molar-refractivity contribution < 1.29 is 14.3 Å². The van der Waals surface area contributed by atoms with Gasteiger partial charge >= 0.3 is 0 Å². The fraction of sp³-hybridized carbons (Fsp3) is 0.176. The topological polar surface area (TPSA) is 67.4 Å². The molecule has 0 aliphatic carbocycles. The van der Waals surface area contributed by atoms with Crippen LogP contribution >= 0.6 is 11.6 Å². The molecule has 0 aliphatic heterocycles. The van der Waals surface area contributed by atoms with E-state index in [1.54, 1.807) is 55.5 Å². The van der Waals surface area contributed by atoms with Crippen molar-refractivity contribution >= 4 is 34.8 Å². The highest BCUT2D eigenvalue weighted by Gasteiger charge is 2.17. The largest absolute Gasteiger partial charge is 0.479 e. The second-order valence-electron chi connectivity index (χ2n) is 4.94. The van der Waals surface area contributed by atoms with Crippen molar-refractivity contribution in [3.8, 4) is 5.75 Å². The fourth-order valence-corrected chi connectivity index (χ4v) is 2.11. The number of amides is 2. The molecule has 0 saturated carbocycles. The molecule has 0 radical (unpaired) electrons. The molecule has 0 heterocycles. The summed E-state index contributed by atoms with van der Waals surface area (Å²) in [6, 6.07) is 13.8. The van der Waals surface area contributed by atoms with Crippen LogP contribution in [-0.4, -0.2) is 17.9 Å². The number of benzene rings is 2. The van der Waals surface area contributed by atoms with Crippen LogP contribution in [0.15, 0.2) is 48.5 Å². The predicted molar refractivity (Wildman–Crippen MR) is 90.9 cm³/mol. The molecule has 0 spiro atoms. The van der Waals surface area contributed by atoms with Gasteiger partial charge in [0, 0.05) is 17.6 Å². The summed E-state index contributed by atoms with van der Waals surface area (Å²) >= 11 is 5.88. The summed E-state index contributed by atoms with van der Waals surface area (Å²) in [5.41, 5.74) is 1.11. The highest BCUT2D eigenvalue weighted by Crippen LogP contribution is 2.25. The molecule has 0 aromatic heterocycles. The van der Waals surface area contributed by atoms with Crippen LogP contribution in [0.5, 0.6) is 5.75 Å². The standard InChI is InChI=1S/C17H17ClN2O3/c1-11(17(22)20-14-7-5-6-13(18)10-14)23-16-9-4-3-8-15(16)19-12(2)21/h3-11H,1-2H3,(H,19,21)(H,20,22)/t11-/m0/s1. The van der Waals surface area contributed by atoms with Gasteiger partial charge in [0.2, 0.25) is 5.91 Å². The van der Waals surface area contributed by atoms with Gasteiger partial charge in [-0.05, 0) is 37.3 Å². The van der Waals surface area contributed by atoms with Gasteiger partial charge in [-0.3, -0.25) is 9.59 Å². The molecule has 2 rings (SSSR count). The van der Waals surface area contributed by atoms with E-state index >= 15 is 0 Å². The van der Waals surface area contributed by atoms with Gasteiger partial charge in [-0.25, -0.2) is 0 Å². The zero-order chi connectivity index (χ0) is 16.8. The van der Waals surface area contributed by atoms with Crippen molar-refractivity contribution in [3.05, 3.63) is 53.6 Å². The first-order valence-corrected chi connectivity index (χ1v) is 7.43. The van der Waals surface area contributed by atoms with Crippen molar-refractivity contribution in [2.45, 2.75) is 20.0 Å². The monoisotopic (exact) mass is 332 g/mol. The second kappa shape index (κ2) is 7.65. The van der Waals surface area contributed by atoms with Crippen LogP contribution in [0.1, 0.15) is 13.8 Å². The Morgan fingerprint density at radius 1 is 1.09 bits per heavy atom. The Morgan fingerprint density at radius 3 is 2.52 bits per heavy atom. The number of rotatable bonds is 5. The first-order chi connectivity index (χ1) is 11.0. The lowest BCUT2D eigenvalue weighted by molar-refractivity contribution is -0.122. The van der Waals surface area contributed by atoms with Gasteiger partial charge in [0.1, 0.15) is 5.75 Å². The lowest BCUT2D eigenvalue weighted by Gasteiger charge is -2.17. The number of nitrogens with one attached hydrogen (secondary N) is 2. The van der Waals surface area contributed by atoms with Crippen LogP contribution in [0.4, 0.5) is 11.4 Å². The second-order valence-corrected chi connectivity index (χ2v) is 5.37. The maximum Gasteiger partial charge on any atom is 0.265 e. The van der Waals surface area contributed by atoms with E-state index in [9.17, 15) is 9.59 Å². The van der Waals surface area contributed by atoms with E-state index in [2.05, 4.69) is 10.6 Å². The molecule has 120 valence electrons. The van der Waals surface area contributed by atoms with Gasteiger partial charge in [-0.2, -0.15) is 0 Å². The molecule has 0 unspecified atom stereocenters. The van der Waals surface area contributed by atoms with Crippen LogP contribution in [0.25, 0.3) is 0 Å². The van der Waals surface area contributed by atoms with Crippen molar-refractivity contribution in [3.63, 3.8) is 0 Å². The highest BCUT2D eigenvalue weighted by atomic mass is 35.5. The van der Waals surface area contributed by atoms with E-state index in [-0.39, 0.29) is 11.8 Å². The van der Waals surface area contributed by atoms with Crippen LogP contribution in [-0.2, 0) is 9.59 Å². The zero-order valence-corrected chi connectivity index (χ0v) is 13.6. The Hall–Kier alpha value is -2.53. The van der Waals surface area contributed by atoms with Gasteiger partial charge in [-0.15, -0.1) is 0 Å². The Labute approximate surface area is 139 Å². The summed E-state index contributed by atoms with van der Waals surface area (Å²) in [4.78, 5) is 23.4. The molecule has 0 aliphatic rings. The van der Waals surface area contributed by atoms with Gasteiger partial charge in [0.05, 0.1) is 5.69 Å². The van der Waals surface area contributed by atoms with E-state index in [0.717, 1.165) is 0 Å². The molecule has 2 N–H and O–H groups in total. The first-order valence-electron chi connectivity index (χ1n) is 7.05. The normalized spacial score (nSPS) is 11.4. The molecule has 2 aromatic rings. The molecule has 0 bridgehead atoms. The number of anilines is 2. The number of halogens is 1. The summed E-state index contributed by atoms with van der Waals surface area (Å²) in [6.45, 7) is 3.04. The third-order valence-electron chi connectivity index (χ3n) is 2.96. The summed E-state index contributed by atoms with van der Waals surface area (Å²) in [5, 5.41) is 5.92. The van der Waals surface area contributed by atoms with Gasteiger partial charge in [0.15, 0.2) is 6.10 Å². The number of hydrogen-bond donors (Lipinski definition) is 2. The van der Waals surface area contributed by atoms with Crippen molar-refractivity contribution in [2.75, 3.05) is 10.6 Å². The number of carbonyl (C=O) groups is 2. The zero-order valence-electron chi connectivity index (χ0n) is 12.8. The number of ether oxygens (including phenoxy) is 1. The minimum absolute atomic E-state index is 0.211. The molecule has 23 heavy (non-hydrogen) atoms. The smallest absolute Gasteiger partial charge is 0.265 e. The Morgan fingerprint density at radius 2 is 1.83 bits per heavy atom. The average molecular weight is 333 g/mol. The molecule has 0 fully saturated rings. The molecular formula is C17H17ClN2O3. The summed E-state index contributed by atoms with van der Waals surface area (Å²) < 4.78 is 5.65. The van der Waals surface area contributed by atoms with E-state index in [0.29, 0.717) is 22.1 Å². The fourth-order valence-electron chi connectivity index (χ4n) is 1.92. The molecule has 5 nitrogen and oxygen atoms in total. The van der Waals surface area contributed by atoms with Gasteiger partial charge < -0.3 is 15.4 Å². The van der Waals surface area contributed by atoms with Gasteiger partial charge in [-0.1, -0.05) is 29.8 Å². The van der Waals surface area contributed by atoms with Crippen LogP contribution in [0, 0.1) is 0 Å². The predicted octanol–water partition coefficient (Wildman–Crippen LogP) is 3.70. The van der Waals surface area contributed by atoms with Crippen molar-refractivity contribution in [2.24, 2.45) is 0 Å². The third kappa shape index (κ3) is 5.00.